The van der Waals surface area contributed by atoms with E-state index in [1.165, 1.54) is 25.7 Å². The maximum Gasteiger partial charge on any atom is 0.226 e. The van der Waals surface area contributed by atoms with Gasteiger partial charge >= 0.3 is 0 Å². The molecule has 0 aromatic carbocycles. The molecule has 108 valence electrons. The topological polar surface area (TPSA) is 43.8 Å². The van der Waals surface area contributed by atoms with Gasteiger partial charge in [0, 0.05) is 38.7 Å². The van der Waals surface area contributed by atoms with Gasteiger partial charge in [-0.05, 0) is 44.1 Å². The second kappa shape index (κ2) is 5.41. The summed E-state index contributed by atoms with van der Waals surface area (Å²) in [5.74, 6) is 0.817. The normalized spacial score (nSPS) is 29.3. The largest absolute Gasteiger partial charge is 0.396 e. The number of aliphatic hydroxyl groups excluding tert-OH is 1. The number of amides is 1. The number of carbonyl (C=O) groups excluding carboxylic acids is 1. The van der Waals surface area contributed by atoms with Crippen LogP contribution < -0.4 is 0 Å². The zero-order valence-electron chi connectivity index (χ0n) is 11.8. The Balaban J connectivity index is 1.39. The molecule has 2 aliphatic carbocycles. The van der Waals surface area contributed by atoms with Crippen molar-refractivity contribution in [3.8, 4) is 0 Å². The van der Waals surface area contributed by atoms with Crippen molar-refractivity contribution in [1.29, 1.82) is 0 Å². The molecular formula is C15H26N2O2. The van der Waals surface area contributed by atoms with E-state index >= 15 is 0 Å². The van der Waals surface area contributed by atoms with E-state index in [4.69, 9.17) is 5.11 Å². The van der Waals surface area contributed by atoms with Crippen LogP contribution in [0.3, 0.4) is 0 Å². The van der Waals surface area contributed by atoms with E-state index in [1.807, 2.05) is 0 Å². The van der Waals surface area contributed by atoms with Crippen LogP contribution in [-0.4, -0.2) is 60.1 Å². The van der Waals surface area contributed by atoms with Gasteiger partial charge in [-0.25, -0.2) is 0 Å². The molecule has 3 fully saturated rings. The summed E-state index contributed by atoms with van der Waals surface area (Å²) < 4.78 is 0. The van der Waals surface area contributed by atoms with Gasteiger partial charge in [-0.3, -0.25) is 9.69 Å². The van der Waals surface area contributed by atoms with E-state index in [-0.39, 0.29) is 0 Å². The van der Waals surface area contributed by atoms with Crippen molar-refractivity contribution in [2.45, 2.75) is 38.5 Å². The van der Waals surface area contributed by atoms with Crippen LogP contribution in [-0.2, 0) is 4.79 Å². The number of piperazine rings is 1. The summed E-state index contributed by atoms with van der Waals surface area (Å²) in [6.07, 6.45) is 7.06. The van der Waals surface area contributed by atoms with Crippen molar-refractivity contribution in [1.82, 2.24) is 9.80 Å². The van der Waals surface area contributed by atoms with Crippen LogP contribution >= 0.6 is 0 Å². The Morgan fingerprint density at radius 3 is 2.42 bits per heavy atom. The van der Waals surface area contributed by atoms with E-state index in [0.29, 0.717) is 23.8 Å². The summed E-state index contributed by atoms with van der Waals surface area (Å²) in [5.41, 5.74) is 0.468. The van der Waals surface area contributed by atoms with E-state index < -0.39 is 0 Å². The minimum atomic E-state index is 0.294. The van der Waals surface area contributed by atoms with Crippen LogP contribution in [0.25, 0.3) is 0 Å². The molecule has 4 nitrogen and oxygen atoms in total. The molecule has 2 saturated carbocycles. The van der Waals surface area contributed by atoms with Gasteiger partial charge in [0.2, 0.25) is 5.91 Å². The molecule has 0 bridgehead atoms. The smallest absolute Gasteiger partial charge is 0.226 e. The van der Waals surface area contributed by atoms with Crippen molar-refractivity contribution in [2.24, 2.45) is 11.3 Å². The SMILES string of the molecule is O=C(C1CC12CCC2)N1CCN(CCCCO)CC1. The minimum absolute atomic E-state index is 0.294. The van der Waals surface area contributed by atoms with Crippen LogP contribution in [0.1, 0.15) is 38.5 Å². The predicted molar refractivity (Wildman–Crippen MR) is 73.7 cm³/mol. The summed E-state index contributed by atoms with van der Waals surface area (Å²) in [6, 6.07) is 0. The Bertz CT molecular complexity index is 333. The predicted octanol–water partition coefficient (Wildman–Crippen LogP) is 1.09. The number of rotatable bonds is 5. The van der Waals surface area contributed by atoms with E-state index in [1.54, 1.807) is 0 Å². The van der Waals surface area contributed by atoms with Crippen LogP contribution in [0.4, 0.5) is 0 Å². The molecule has 1 saturated heterocycles. The first kappa shape index (κ1) is 13.4. The van der Waals surface area contributed by atoms with Gasteiger partial charge in [0.15, 0.2) is 0 Å². The molecule has 0 radical (unpaired) electrons. The number of carbonyl (C=O) groups is 1. The molecule has 3 aliphatic rings. The molecule has 1 N–H and O–H groups in total. The van der Waals surface area contributed by atoms with Gasteiger partial charge in [-0.1, -0.05) is 6.42 Å². The fourth-order valence-electron chi connectivity index (χ4n) is 3.74. The number of aliphatic hydroxyl groups is 1. The fourth-order valence-corrected chi connectivity index (χ4v) is 3.74. The highest BCUT2D eigenvalue weighted by atomic mass is 16.2. The zero-order valence-corrected chi connectivity index (χ0v) is 11.8. The Hall–Kier alpha value is -0.610. The van der Waals surface area contributed by atoms with Crippen molar-refractivity contribution in [3.63, 3.8) is 0 Å². The zero-order chi connectivity index (χ0) is 13.3. The van der Waals surface area contributed by atoms with Crippen molar-refractivity contribution >= 4 is 5.91 Å². The van der Waals surface area contributed by atoms with Crippen molar-refractivity contribution in [3.05, 3.63) is 0 Å². The number of hydrogen-bond donors (Lipinski definition) is 1. The average Bonchev–Trinajstić information content (AvgIpc) is 3.15. The van der Waals surface area contributed by atoms with Gasteiger partial charge in [-0.15, -0.1) is 0 Å². The average molecular weight is 266 g/mol. The molecule has 1 amide bonds. The maximum atomic E-state index is 12.4. The first-order chi connectivity index (χ1) is 9.25. The first-order valence-corrected chi connectivity index (χ1v) is 7.87. The summed E-state index contributed by atoms with van der Waals surface area (Å²) in [5, 5.41) is 8.79. The Kier molecular flexibility index (Phi) is 3.81. The third-order valence-corrected chi connectivity index (χ3v) is 5.40. The monoisotopic (exact) mass is 266 g/mol. The summed E-state index contributed by atoms with van der Waals surface area (Å²) in [6.45, 7) is 5.20. The lowest BCUT2D eigenvalue weighted by atomic mass is 9.79. The molecule has 4 heteroatoms. The molecule has 1 spiro atoms. The minimum Gasteiger partial charge on any atom is -0.396 e. The lowest BCUT2D eigenvalue weighted by Crippen LogP contribution is -2.49. The molecule has 3 rings (SSSR count). The second-order valence-electron chi connectivity index (χ2n) is 6.57. The van der Waals surface area contributed by atoms with Gasteiger partial charge in [0.1, 0.15) is 0 Å². The highest BCUT2D eigenvalue weighted by molar-refractivity contribution is 5.83. The third kappa shape index (κ3) is 2.65. The van der Waals surface area contributed by atoms with Crippen LogP contribution in [0.5, 0.6) is 0 Å². The van der Waals surface area contributed by atoms with Crippen LogP contribution in [0.2, 0.25) is 0 Å². The molecule has 0 aromatic rings. The van der Waals surface area contributed by atoms with Gasteiger partial charge < -0.3 is 10.0 Å². The Labute approximate surface area is 115 Å². The standard InChI is InChI=1S/C15H26N2O2/c18-11-2-1-6-16-7-9-17(10-8-16)14(19)13-12-15(13)4-3-5-15/h13,18H,1-12H2. The van der Waals surface area contributed by atoms with E-state index in [9.17, 15) is 4.79 Å². The number of unbranched alkanes of at least 4 members (excludes halogenated alkanes) is 1. The van der Waals surface area contributed by atoms with Crippen molar-refractivity contribution < 1.29 is 9.90 Å². The molecular weight excluding hydrogens is 240 g/mol. The van der Waals surface area contributed by atoms with E-state index in [2.05, 4.69) is 9.80 Å². The summed E-state index contributed by atoms with van der Waals surface area (Å²) in [7, 11) is 0. The highest BCUT2D eigenvalue weighted by Gasteiger charge is 2.61. The van der Waals surface area contributed by atoms with Crippen LogP contribution in [0, 0.1) is 11.3 Å². The Morgan fingerprint density at radius 2 is 1.89 bits per heavy atom. The van der Waals surface area contributed by atoms with Crippen molar-refractivity contribution in [2.75, 3.05) is 39.3 Å². The molecule has 1 atom stereocenters. The Morgan fingerprint density at radius 1 is 1.16 bits per heavy atom. The van der Waals surface area contributed by atoms with E-state index in [0.717, 1.165) is 45.6 Å². The molecule has 19 heavy (non-hydrogen) atoms. The van der Waals surface area contributed by atoms with Gasteiger partial charge in [-0.2, -0.15) is 0 Å². The second-order valence-corrected chi connectivity index (χ2v) is 6.57. The van der Waals surface area contributed by atoms with Gasteiger partial charge in [0.25, 0.3) is 0 Å². The highest BCUT2D eigenvalue weighted by Crippen LogP contribution is 2.65. The van der Waals surface area contributed by atoms with Crippen LogP contribution in [0.15, 0.2) is 0 Å². The summed E-state index contributed by atoms with van der Waals surface area (Å²) >= 11 is 0. The third-order valence-electron chi connectivity index (χ3n) is 5.40. The lowest BCUT2D eigenvalue weighted by Gasteiger charge is -2.36. The number of nitrogens with zero attached hydrogens (tertiary/aromatic N) is 2. The molecule has 1 heterocycles. The lowest BCUT2D eigenvalue weighted by molar-refractivity contribution is -0.135. The van der Waals surface area contributed by atoms with Gasteiger partial charge in [0.05, 0.1) is 0 Å². The fraction of sp³-hybridized carbons (Fsp3) is 0.933. The maximum absolute atomic E-state index is 12.4. The first-order valence-electron chi connectivity index (χ1n) is 7.87. The summed E-state index contributed by atoms with van der Waals surface area (Å²) in [4.78, 5) is 16.9. The quantitative estimate of drug-likeness (QED) is 0.758. The molecule has 1 aliphatic heterocycles. The molecule has 0 aromatic heterocycles. The molecule has 1 unspecified atom stereocenters. The number of hydrogen-bond acceptors (Lipinski definition) is 3.